The van der Waals surface area contributed by atoms with Crippen LogP contribution in [0.3, 0.4) is 0 Å². The van der Waals surface area contributed by atoms with Crippen molar-refractivity contribution >= 4 is 11.6 Å². The first kappa shape index (κ1) is 14.4. The molecule has 1 rings (SSSR count). The summed E-state index contributed by atoms with van der Waals surface area (Å²) in [5.41, 5.74) is 6.41. The molecule has 0 aliphatic rings. The average molecular weight is 253 g/mol. The Hall–Kier alpha value is -1.62. The summed E-state index contributed by atoms with van der Waals surface area (Å²) in [6.07, 6.45) is 0.987. The Morgan fingerprint density at radius 3 is 2.83 bits per heavy atom. The van der Waals surface area contributed by atoms with Gasteiger partial charge in [0.2, 0.25) is 5.91 Å². The molecule has 1 amide bonds. The van der Waals surface area contributed by atoms with Crippen LogP contribution in [0, 0.1) is 5.82 Å². The van der Waals surface area contributed by atoms with E-state index in [2.05, 4.69) is 12.2 Å². The van der Waals surface area contributed by atoms with Crippen molar-refractivity contribution in [1.82, 2.24) is 5.32 Å². The van der Waals surface area contributed by atoms with Gasteiger partial charge in [-0.05, 0) is 25.1 Å². The zero-order valence-electron chi connectivity index (χ0n) is 10.9. The predicted molar refractivity (Wildman–Crippen MR) is 70.9 cm³/mol. The van der Waals surface area contributed by atoms with Crippen LogP contribution in [0.15, 0.2) is 18.2 Å². The van der Waals surface area contributed by atoms with Crippen LogP contribution in [0.5, 0.6) is 0 Å². The Morgan fingerprint density at radius 1 is 1.50 bits per heavy atom. The number of halogens is 1. The van der Waals surface area contributed by atoms with Gasteiger partial charge >= 0.3 is 0 Å². The smallest absolute Gasteiger partial charge is 0.236 e. The van der Waals surface area contributed by atoms with Gasteiger partial charge in [-0.25, -0.2) is 4.39 Å². The molecule has 0 aliphatic heterocycles. The Kier molecular flexibility index (Phi) is 5.58. The Bertz CT molecular complexity index is 409. The monoisotopic (exact) mass is 253 g/mol. The Morgan fingerprint density at radius 2 is 2.22 bits per heavy atom. The standard InChI is InChI=1S/C13H20FN3O/c1-3-7-16-8-10-11(14)5-4-6-12(10)17(2)9-13(15)18/h4-6,16H,3,7-9H2,1-2H3,(H2,15,18). The lowest BCUT2D eigenvalue weighted by molar-refractivity contribution is -0.116. The van der Waals surface area contributed by atoms with E-state index in [1.807, 2.05) is 0 Å². The number of likely N-dealkylation sites (N-methyl/N-ethyl adjacent to an activating group) is 1. The first-order valence-corrected chi connectivity index (χ1v) is 6.03. The molecular formula is C13H20FN3O. The van der Waals surface area contributed by atoms with E-state index in [0.717, 1.165) is 13.0 Å². The Labute approximate surface area is 107 Å². The number of hydrogen-bond acceptors (Lipinski definition) is 3. The molecule has 0 fully saturated rings. The van der Waals surface area contributed by atoms with Gasteiger partial charge in [0.1, 0.15) is 5.82 Å². The number of carbonyl (C=O) groups is 1. The highest BCUT2D eigenvalue weighted by Gasteiger charge is 2.12. The third-order valence-electron chi connectivity index (χ3n) is 2.63. The largest absolute Gasteiger partial charge is 0.368 e. The molecule has 1 aromatic rings. The summed E-state index contributed by atoms with van der Waals surface area (Å²) in [6.45, 7) is 3.39. The second kappa shape index (κ2) is 6.96. The molecule has 3 N–H and O–H groups in total. The van der Waals surface area contributed by atoms with Gasteiger partial charge in [-0.1, -0.05) is 13.0 Å². The van der Waals surface area contributed by atoms with Gasteiger partial charge < -0.3 is 16.0 Å². The number of nitrogens with zero attached hydrogens (tertiary/aromatic N) is 1. The van der Waals surface area contributed by atoms with Crippen molar-refractivity contribution in [2.45, 2.75) is 19.9 Å². The van der Waals surface area contributed by atoms with Gasteiger partial charge in [0.25, 0.3) is 0 Å². The number of carbonyl (C=O) groups excluding carboxylic acids is 1. The fourth-order valence-electron chi connectivity index (χ4n) is 1.79. The van der Waals surface area contributed by atoms with E-state index in [1.165, 1.54) is 6.07 Å². The number of benzene rings is 1. The number of primary amides is 1. The van der Waals surface area contributed by atoms with E-state index in [1.54, 1.807) is 24.1 Å². The van der Waals surface area contributed by atoms with Gasteiger partial charge in [-0.3, -0.25) is 4.79 Å². The van der Waals surface area contributed by atoms with Crippen molar-refractivity contribution in [2.24, 2.45) is 5.73 Å². The minimum Gasteiger partial charge on any atom is -0.368 e. The zero-order valence-corrected chi connectivity index (χ0v) is 10.9. The zero-order chi connectivity index (χ0) is 13.5. The number of rotatable bonds is 7. The summed E-state index contributed by atoms with van der Waals surface area (Å²) in [4.78, 5) is 12.6. The SMILES string of the molecule is CCCNCc1c(F)cccc1N(C)CC(N)=O. The lowest BCUT2D eigenvalue weighted by atomic mass is 10.1. The molecule has 0 atom stereocenters. The van der Waals surface area contributed by atoms with Crippen molar-refractivity contribution in [3.63, 3.8) is 0 Å². The minimum absolute atomic E-state index is 0.0736. The van der Waals surface area contributed by atoms with Gasteiger partial charge in [-0.2, -0.15) is 0 Å². The van der Waals surface area contributed by atoms with Gasteiger partial charge in [0.15, 0.2) is 0 Å². The highest BCUT2D eigenvalue weighted by Crippen LogP contribution is 2.22. The molecule has 0 saturated heterocycles. The van der Waals surface area contributed by atoms with E-state index in [-0.39, 0.29) is 12.4 Å². The lowest BCUT2D eigenvalue weighted by Gasteiger charge is -2.21. The molecular weight excluding hydrogens is 233 g/mol. The van der Waals surface area contributed by atoms with Gasteiger partial charge in [0, 0.05) is 24.8 Å². The van der Waals surface area contributed by atoms with Crippen molar-refractivity contribution in [2.75, 3.05) is 25.0 Å². The summed E-state index contributed by atoms with van der Waals surface area (Å²) in [7, 11) is 1.73. The van der Waals surface area contributed by atoms with Gasteiger partial charge in [-0.15, -0.1) is 0 Å². The molecule has 0 radical (unpaired) electrons. The normalized spacial score (nSPS) is 10.4. The first-order valence-electron chi connectivity index (χ1n) is 6.03. The molecule has 0 spiro atoms. The fraction of sp³-hybridized carbons (Fsp3) is 0.462. The van der Waals surface area contributed by atoms with Crippen LogP contribution in [0.2, 0.25) is 0 Å². The van der Waals surface area contributed by atoms with Crippen LogP contribution >= 0.6 is 0 Å². The Balaban J connectivity index is 2.88. The van der Waals surface area contributed by atoms with E-state index in [0.29, 0.717) is 17.8 Å². The molecule has 5 heteroatoms. The topological polar surface area (TPSA) is 58.4 Å². The van der Waals surface area contributed by atoms with Crippen molar-refractivity contribution in [1.29, 1.82) is 0 Å². The quantitative estimate of drug-likeness (QED) is 0.719. The van der Waals surface area contributed by atoms with Gasteiger partial charge in [0.05, 0.1) is 6.54 Å². The summed E-state index contributed by atoms with van der Waals surface area (Å²) in [6, 6.07) is 4.84. The van der Waals surface area contributed by atoms with Crippen molar-refractivity contribution in [3.8, 4) is 0 Å². The second-order valence-electron chi connectivity index (χ2n) is 4.24. The van der Waals surface area contributed by atoms with Crippen LogP contribution in [-0.2, 0) is 11.3 Å². The molecule has 0 unspecified atom stereocenters. The van der Waals surface area contributed by atoms with Crippen molar-refractivity contribution < 1.29 is 9.18 Å². The summed E-state index contributed by atoms with van der Waals surface area (Å²) < 4.78 is 13.8. The molecule has 0 heterocycles. The van der Waals surface area contributed by atoms with E-state index < -0.39 is 5.91 Å². The molecule has 0 saturated carbocycles. The maximum Gasteiger partial charge on any atom is 0.236 e. The molecule has 0 aromatic heterocycles. The molecule has 0 aliphatic carbocycles. The minimum atomic E-state index is -0.436. The summed E-state index contributed by atoms with van der Waals surface area (Å²) in [5.74, 6) is -0.707. The second-order valence-corrected chi connectivity index (χ2v) is 4.24. The van der Waals surface area contributed by atoms with E-state index in [9.17, 15) is 9.18 Å². The van der Waals surface area contributed by atoms with Crippen molar-refractivity contribution in [3.05, 3.63) is 29.6 Å². The van der Waals surface area contributed by atoms with Crippen LogP contribution in [0.4, 0.5) is 10.1 Å². The third kappa shape index (κ3) is 4.00. The molecule has 18 heavy (non-hydrogen) atoms. The fourth-order valence-corrected chi connectivity index (χ4v) is 1.79. The highest BCUT2D eigenvalue weighted by atomic mass is 19.1. The maximum absolute atomic E-state index is 13.8. The van der Waals surface area contributed by atoms with Crippen LogP contribution in [0.25, 0.3) is 0 Å². The third-order valence-corrected chi connectivity index (χ3v) is 2.63. The summed E-state index contributed by atoms with van der Waals surface area (Å²) in [5, 5.41) is 3.16. The van der Waals surface area contributed by atoms with Crippen LogP contribution in [0.1, 0.15) is 18.9 Å². The lowest BCUT2D eigenvalue weighted by Crippen LogP contribution is -2.31. The number of nitrogens with one attached hydrogen (secondary N) is 1. The van der Waals surface area contributed by atoms with E-state index in [4.69, 9.17) is 5.73 Å². The predicted octanol–water partition coefficient (Wildman–Crippen LogP) is 1.25. The van der Waals surface area contributed by atoms with Crippen LogP contribution < -0.4 is 16.0 Å². The number of amides is 1. The average Bonchev–Trinajstić information content (AvgIpc) is 2.30. The number of hydrogen-bond donors (Lipinski definition) is 2. The number of nitrogens with two attached hydrogens (primary N) is 1. The summed E-state index contributed by atoms with van der Waals surface area (Å²) >= 11 is 0. The number of anilines is 1. The first-order chi connectivity index (χ1) is 8.56. The maximum atomic E-state index is 13.8. The highest BCUT2D eigenvalue weighted by molar-refractivity contribution is 5.79. The molecule has 0 bridgehead atoms. The van der Waals surface area contributed by atoms with E-state index >= 15 is 0 Å². The molecule has 4 nitrogen and oxygen atoms in total. The molecule has 1 aromatic carbocycles. The molecule has 100 valence electrons. The van der Waals surface area contributed by atoms with Crippen LogP contribution in [-0.4, -0.2) is 26.0 Å².